The van der Waals surface area contributed by atoms with E-state index in [1.54, 1.807) is 22.8 Å². The lowest BCUT2D eigenvalue weighted by atomic mass is 9.34. The summed E-state index contributed by atoms with van der Waals surface area (Å²) in [6.07, 6.45) is 23.4. The van der Waals surface area contributed by atoms with Crippen LogP contribution in [0.25, 0.3) is 10.8 Å². The van der Waals surface area contributed by atoms with E-state index in [0.717, 1.165) is 82.6 Å². The Morgan fingerprint density at radius 2 is 1.40 bits per heavy atom. The van der Waals surface area contributed by atoms with Crippen molar-refractivity contribution in [3.05, 3.63) is 166 Å². The van der Waals surface area contributed by atoms with Crippen LogP contribution in [-0.4, -0.2) is 57.8 Å². The number of aliphatic hydroxyl groups is 3. The summed E-state index contributed by atoms with van der Waals surface area (Å²) in [5, 5.41) is 47.5. The molecule has 0 aromatic heterocycles. The molecule has 3 heterocycles. The minimum absolute atomic E-state index is 0.0656. The van der Waals surface area contributed by atoms with Gasteiger partial charge in [0.1, 0.15) is 12.7 Å². The van der Waals surface area contributed by atoms with Gasteiger partial charge in [-0.15, -0.1) is 5.92 Å². The van der Waals surface area contributed by atoms with Gasteiger partial charge in [0, 0.05) is 42.1 Å². The minimum Gasteiger partial charge on any atom is -0.461 e. The van der Waals surface area contributed by atoms with Crippen LogP contribution >= 0.6 is 0 Å². The first-order chi connectivity index (χ1) is 46.6. The predicted octanol–water partition coefficient (Wildman–Crippen LogP) is 18.1. The monoisotopic (exact) mass is 1280 g/mol. The van der Waals surface area contributed by atoms with Gasteiger partial charge in [0.25, 0.3) is 0 Å². The Labute approximate surface area is 572 Å². The maximum Gasteiger partial charge on any atom is 0.331 e. The largest absolute Gasteiger partial charge is 0.461 e. The zero-order valence-electron chi connectivity index (χ0n) is 57.6. The number of carbonyl (C=O) groups excluding carboxylic acids is 2. The molecule has 5 aromatic carbocycles. The summed E-state index contributed by atoms with van der Waals surface area (Å²) in [7, 11) is 0. The number of hydrogen-bond acceptors (Lipinski definition) is 7. The molecule has 17 rings (SSSR count). The second-order valence-electron chi connectivity index (χ2n) is 34.6. The maximum atomic E-state index is 17.0. The normalized spacial score (nSPS) is 40.9. The molecule has 0 amide bonds. The third kappa shape index (κ3) is 9.35. The van der Waals surface area contributed by atoms with Crippen molar-refractivity contribution in [3.63, 3.8) is 0 Å². The Morgan fingerprint density at radius 3 is 2.17 bits per heavy atom. The molecule has 502 valence electrons. The molecule has 12 aliphatic rings. The number of fused-ring (bicyclic) bond motifs is 5. The minimum atomic E-state index is -1.86. The quantitative estimate of drug-likeness (QED) is 0.0795. The van der Waals surface area contributed by atoms with E-state index >= 15 is 9.90 Å². The number of carbonyl (C=O) groups is 2. The average molecular weight is 1290 g/mol. The predicted molar refractivity (Wildman–Crippen MR) is 378 cm³/mol. The average Bonchev–Trinajstić information content (AvgIpc) is 1.02. The highest BCUT2D eigenvalue weighted by molar-refractivity contribution is 5.93. The number of benzene rings is 5. The molecule has 3 N–H and O–H groups in total. The zero-order valence-corrected chi connectivity index (χ0v) is 57.6. The second-order valence-corrected chi connectivity index (χ2v) is 34.6. The second kappa shape index (κ2) is 23.9. The van der Waals surface area contributed by atoms with Crippen LogP contribution < -0.4 is 0 Å². The molecule has 4 bridgehead atoms. The number of aryl methyl sites for hydroxylation is 1. The van der Waals surface area contributed by atoms with E-state index in [1.807, 2.05) is 0 Å². The Kier molecular flexibility index (Phi) is 15.8. The van der Waals surface area contributed by atoms with Crippen molar-refractivity contribution < 1.29 is 34.4 Å². The summed E-state index contributed by atoms with van der Waals surface area (Å²) in [4.78, 5) is 30.0. The van der Waals surface area contributed by atoms with Gasteiger partial charge >= 0.3 is 11.9 Å². The van der Waals surface area contributed by atoms with Crippen LogP contribution in [0.15, 0.2) is 133 Å². The zero-order chi connectivity index (χ0) is 65.5. The van der Waals surface area contributed by atoms with Gasteiger partial charge < -0.3 is 24.8 Å². The van der Waals surface area contributed by atoms with Gasteiger partial charge in [-0.1, -0.05) is 191 Å². The summed E-state index contributed by atoms with van der Waals surface area (Å²) in [5.41, 5.74) is 3.40. The van der Waals surface area contributed by atoms with Crippen molar-refractivity contribution in [2.24, 2.45) is 68.5 Å². The number of ether oxygens (including phenoxy) is 2. The van der Waals surface area contributed by atoms with Crippen LogP contribution in [0.1, 0.15) is 245 Å². The van der Waals surface area contributed by atoms with E-state index in [-0.39, 0.29) is 83.6 Å². The Hall–Kier alpha value is -5.96. The summed E-state index contributed by atoms with van der Waals surface area (Å²) in [5.74, 6) is 15.5. The molecule has 20 unspecified atom stereocenters. The Morgan fingerprint density at radius 1 is 0.656 bits per heavy atom. The summed E-state index contributed by atoms with van der Waals surface area (Å²) >= 11 is 0. The molecular formula is C89H104O7. The standard InChI is InChI=1S/C89H104O7/c1-58(21-18-24-59-22-8-4-9-23-59)51-62-32-34-66-35-36-68(84(43-15-7-16-44-84)64-26-10-5-11-27-64)55-87(66)46-20-42-82(2)56-73(96-81(87)93)79-83(3,47-41-74(90)89(79,80(62)92)88(82,94)50-38-60-52-75(91)95-57-60)67-40-49-85-48-39-63-54-86(65-28-12-6-13-29-65)45-17-14-31-71(86)70-37-33-61-25-19-30-69(72(85)53-67)76(61)77(70)78(63)85/h4-6,8-13,19,22-23,25-30,33,37,52,58,62-63,66-68,71-74,78-80,90,92,94H,7,14-18,21,24,31,35-36,38-41,43-51,53-57H2,1-3H3. The van der Waals surface area contributed by atoms with Gasteiger partial charge in [-0.25, -0.2) is 4.79 Å². The molecule has 5 aromatic rings. The molecule has 7 heteroatoms. The van der Waals surface area contributed by atoms with Crippen LogP contribution in [0.4, 0.5) is 0 Å². The highest BCUT2D eigenvalue weighted by atomic mass is 16.5. The summed E-state index contributed by atoms with van der Waals surface area (Å²) in [6, 6.07) is 46.0. The lowest BCUT2D eigenvalue weighted by molar-refractivity contribution is -0.343. The molecule has 7 nitrogen and oxygen atoms in total. The van der Waals surface area contributed by atoms with Gasteiger partial charge in [-0.2, -0.15) is 0 Å². The first-order valence-electron chi connectivity index (χ1n) is 38.5. The maximum absolute atomic E-state index is 17.0. The molecular weight excluding hydrogens is 1180 g/mol. The van der Waals surface area contributed by atoms with Gasteiger partial charge in [0.15, 0.2) is 0 Å². The molecule has 9 aliphatic carbocycles. The first-order valence-corrected chi connectivity index (χ1v) is 38.5. The van der Waals surface area contributed by atoms with E-state index in [0.29, 0.717) is 49.9 Å². The van der Waals surface area contributed by atoms with Crippen molar-refractivity contribution in [1.29, 1.82) is 0 Å². The molecule has 96 heavy (non-hydrogen) atoms. The van der Waals surface area contributed by atoms with E-state index < -0.39 is 57.4 Å². The molecule has 20 atom stereocenters. The smallest absolute Gasteiger partial charge is 0.331 e. The fourth-order valence-electron chi connectivity index (χ4n) is 26.4. The number of cyclic esters (lactones) is 1. The fourth-order valence-corrected chi connectivity index (χ4v) is 26.4. The highest BCUT2D eigenvalue weighted by Gasteiger charge is 2.79. The number of rotatable bonds is 13. The van der Waals surface area contributed by atoms with Crippen LogP contribution in [-0.2, 0) is 36.3 Å². The van der Waals surface area contributed by atoms with E-state index in [2.05, 4.69) is 166 Å². The molecule has 0 saturated heterocycles. The SMILES string of the molecule is CC(CCCc1ccccc1)CC1C#CC2CCC(C3(c4ccccc4)CCCCC3)CC23CC#CC2(C)CC(OC3=O)C3C(C)(C4CCC56CCC7CC8(c9ccccc9)CCCCC8c8ccc9cccc(c9c8C75)C6C4)CCC(O)C3(C1O)C2(O)CCC1=CC(=O)OC1. The van der Waals surface area contributed by atoms with E-state index in [9.17, 15) is 15.0 Å². The van der Waals surface area contributed by atoms with Gasteiger partial charge in [-0.05, 0) is 243 Å². The summed E-state index contributed by atoms with van der Waals surface area (Å²) in [6.45, 7) is 7.02. The van der Waals surface area contributed by atoms with E-state index in [1.165, 1.54) is 78.8 Å². The fraction of sp³-hybridized carbons (Fsp3) is 0.596. The van der Waals surface area contributed by atoms with Crippen LogP contribution in [0, 0.1) is 92.2 Å². The first kappa shape index (κ1) is 63.5. The Balaban J connectivity index is 0.831. The topological polar surface area (TPSA) is 113 Å². The van der Waals surface area contributed by atoms with E-state index in [4.69, 9.17) is 9.47 Å². The molecule has 3 aliphatic heterocycles. The number of hydrogen-bond donors (Lipinski definition) is 3. The van der Waals surface area contributed by atoms with Crippen molar-refractivity contribution in [1.82, 2.24) is 0 Å². The number of aliphatic hydroxyl groups excluding tert-OH is 2. The van der Waals surface area contributed by atoms with Gasteiger partial charge in [0.2, 0.25) is 0 Å². The van der Waals surface area contributed by atoms with Crippen LogP contribution in [0.2, 0.25) is 0 Å². The van der Waals surface area contributed by atoms with Gasteiger partial charge in [0.05, 0.1) is 34.1 Å². The third-order valence-corrected chi connectivity index (χ3v) is 30.6. The molecule has 7 saturated carbocycles. The number of esters is 2. The van der Waals surface area contributed by atoms with Crippen molar-refractivity contribution in [3.8, 4) is 23.7 Å². The molecule has 0 radical (unpaired) electrons. The lowest BCUT2D eigenvalue weighted by Crippen LogP contribution is -2.80. The van der Waals surface area contributed by atoms with Gasteiger partial charge in [-0.3, -0.25) is 4.79 Å². The summed E-state index contributed by atoms with van der Waals surface area (Å²) < 4.78 is 13.4. The van der Waals surface area contributed by atoms with Crippen molar-refractivity contribution in [2.45, 2.75) is 253 Å². The molecule has 7 fully saturated rings. The van der Waals surface area contributed by atoms with Crippen molar-refractivity contribution in [2.75, 3.05) is 6.61 Å². The van der Waals surface area contributed by atoms with Crippen molar-refractivity contribution >= 4 is 22.7 Å². The lowest BCUT2D eigenvalue weighted by Gasteiger charge is -2.72. The van der Waals surface area contributed by atoms with Crippen LogP contribution in [0.5, 0.6) is 0 Å². The molecule has 2 spiro atoms. The highest BCUT2D eigenvalue weighted by Crippen LogP contribution is 2.78. The van der Waals surface area contributed by atoms with Crippen LogP contribution in [0.3, 0.4) is 0 Å². The Bertz CT molecular complexity index is 3980. The third-order valence-electron chi connectivity index (χ3n) is 30.6.